The number of halogens is 1. The molecule has 2 nitrogen and oxygen atoms in total. The van der Waals surface area contributed by atoms with Crippen LogP contribution in [0.5, 0.6) is 0 Å². The fourth-order valence-corrected chi connectivity index (χ4v) is 1.73. The number of unbranched alkanes of at least 4 members (excludes halogenated alkanes) is 1. The summed E-state index contributed by atoms with van der Waals surface area (Å²) in [5, 5.41) is 3.43. The van der Waals surface area contributed by atoms with E-state index in [0.717, 1.165) is 31.6 Å². The normalized spacial score (nSPS) is 12.9. The monoisotopic (exact) mass is 253 g/mol. The van der Waals surface area contributed by atoms with Crippen LogP contribution < -0.4 is 5.32 Å². The first-order valence-electron chi connectivity index (χ1n) is 6.70. The van der Waals surface area contributed by atoms with Crippen molar-refractivity contribution in [1.82, 2.24) is 5.32 Å². The molecule has 1 aromatic rings. The summed E-state index contributed by atoms with van der Waals surface area (Å²) in [6.07, 6.45) is 2.48. The predicted molar refractivity (Wildman–Crippen MR) is 73.1 cm³/mol. The quantitative estimate of drug-likeness (QED) is 0.714. The van der Waals surface area contributed by atoms with Gasteiger partial charge in [-0.3, -0.25) is 0 Å². The largest absolute Gasteiger partial charge is 0.379 e. The van der Waals surface area contributed by atoms with Gasteiger partial charge < -0.3 is 10.1 Å². The molecule has 18 heavy (non-hydrogen) atoms. The van der Waals surface area contributed by atoms with Crippen LogP contribution in [0.1, 0.15) is 45.2 Å². The number of hydrogen-bond acceptors (Lipinski definition) is 2. The second-order valence-electron chi connectivity index (χ2n) is 4.85. The molecule has 0 saturated carbocycles. The van der Waals surface area contributed by atoms with Gasteiger partial charge in [-0.25, -0.2) is 4.39 Å². The molecule has 0 heterocycles. The summed E-state index contributed by atoms with van der Waals surface area (Å²) in [6.45, 7) is 7.98. The maximum atomic E-state index is 12.8. The summed E-state index contributed by atoms with van der Waals surface area (Å²) in [5.41, 5.74) is 1.12. The minimum atomic E-state index is -0.184. The summed E-state index contributed by atoms with van der Waals surface area (Å²) >= 11 is 0. The van der Waals surface area contributed by atoms with Crippen molar-refractivity contribution in [3.63, 3.8) is 0 Å². The van der Waals surface area contributed by atoms with E-state index in [4.69, 9.17) is 4.74 Å². The highest BCUT2D eigenvalue weighted by Crippen LogP contribution is 2.12. The Kier molecular flexibility index (Phi) is 6.91. The van der Waals surface area contributed by atoms with E-state index < -0.39 is 0 Å². The molecule has 1 unspecified atom stereocenters. The van der Waals surface area contributed by atoms with Crippen LogP contribution in [0.15, 0.2) is 24.3 Å². The first kappa shape index (κ1) is 15.1. The van der Waals surface area contributed by atoms with Gasteiger partial charge in [-0.2, -0.15) is 0 Å². The van der Waals surface area contributed by atoms with E-state index in [1.807, 2.05) is 12.1 Å². The lowest BCUT2D eigenvalue weighted by molar-refractivity contribution is 0.0759. The highest BCUT2D eigenvalue weighted by atomic mass is 19.1. The number of rotatable bonds is 8. The lowest BCUT2D eigenvalue weighted by Gasteiger charge is -2.14. The molecule has 0 radical (unpaired) electrons. The zero-order valence-electron chi connectivity index (χ0n) is 11.6. The molecule has 1 atom stereocenters. The Labute approximate surface area is 110 Å². The Bertz CT molecular complexity index is 324. The third kappa shape index (κ3) is 6.12. The van der Waals surface area contributed by atoms with Gasteiger partial charge in [0.1, 0.15) is 5.82 Å². The number of ether oxygens (including phenoxy) is 1. The maximum absolute atomic E-state index is 12.8. The Hall–Kier alpha value is -0.930. The van der Waals surface area contributed by atoms with Crippen molar-refractivity contribution in [3.8, 4) is 0 Å². The third-order valence-electron chi connectivity index (χ3n) is 2.84. The van der Waals surface area contributed by atoms with Gasteiger partial charge in [-0.1, -0.05) is 12.1 Å². The maximum Gasteiger partial charge on any atom is 0.123 e. The molecule has 0 spiro atoms. The Balaban J connectivity index is 2.13. The molecule has 0 bridgehead atoms. The molecule has 102 valence electrons. The smallest absolute Gasteiger partial charge is 0.123 e. The standard InChI is InChI=1S/C15H24FNO/c1-12(2)18-11-5-4-10-17-13(3)14-6-8-15(16)9-7-14/h6-9,12-13,17H,4-5,10-11H2,1-3H3. The number of nitrogens with one attached hydrogen (secondary N) is 1. The SMILES string of the molecule is CC(C)OCCCCNC(C)c1ccc(F)cc1. The minimum Gasteiger partial charge on any atom is -0.379 e. The molecule has 0 aromatic heterocycles. The topological polar surface area (TPSA) is 21.3 Å². The van der Waals surface area contributed by atoms with Crippen molar-refractivity contribution in [2.75, 3.05) is 13.2 Å². The van der Waals surface area contributed by atoms with E-state index >= 15 is 0 Å². The van der Waals surface area contributed by atoms with Crippen LogP contribution >= 0.6 is 0 Å². The van der Waals surface area contributed by atoms with Gasteiger partial charge in [-0.15, -0.1) is 0 Å². The van der Waals surface area contributed by atoms with Crippen molar-refractivity contribution in [3.05, 3.63) is 35.6 Å². The van der Waals surface area contributed by atoms with Gasteiger partial charge in [0.05, 0.1) is 6.10 Å². The van der Waals surface area contributed by atoms with Gasteiger partial charge in [0.15, 0.2) is 0 Å². The average molecular weight is 253 g/mol. The Morgan fingerprint density at radius 1 is 1.11 bits per heavy atom. The number of hydrogen-bond donors (Lipinski definition) is 1. The predicted octanol–water partition coefficient (Wildman–Crippen LogP) is 3.68. The van der Waals surface area contributed by atoms with Crippen molar-refractivity contribution in [1.29, 1.82) is 0 Å². The fraction of sp³-hybridized carbons (Fsp3) is 0.600. The molecule has 3 heteroatoms. The van der Waals surface area contributed by atoms with E-state index in [-0.39, 0.29) is 11.9 Å². The molecule has 1 rings (SSSR count). The van der Waals surface area contributed by atoms with Gasteiger partial charge in [-0.05, 0) is 57.9 Å². The van der Waals surface area contributed by atoms with Crippen LogP contribution in [0.25, 0.3) is 0 Å². The highest BCUT2D eigenvalue weighted by Gasteiger charge is 2.04. The molecular weight excluding hydrogens is 229 g/mol. The van der Waals surface area contributed by atoms with Gasteiger partial charge in [0, 0.05) is 12.6 Å². The zero-order valence-corrected chi connectivity index (χ0v) is 11.6. The molecule has 0 fully saturated rings. The van der Waals surface area contributed by atoms with Gasteiger partial charge in [0.2, 0.25) is 0 Å². The Morgan fingerprint density at radius 2 is 1.78 bits per heavy atom. The first-order chi connectivity index (χ1) is 8.59. The zero-order chi connectivity index (χ0) is 13.4. The van der Waals surface area contributed by atoms with E-state index in [0.29, 0.717) is 6.10 Å². The summed E-state index contributed by atoms with van der Waals surface area (Å²) in [4.78, 5) is 0. The second kappa shape index (κ2) is 8.22. The van der Waals surface area contributed by atoms with E-state index in [1.165, 1.54) is 12.1 Å². The highest BCUT2D eigenvalue weighted by molar-refractivity contribution is 5.19. The molecule has 0 amide bonds. The van der Waals surface area contributed by atoms with E-state index in [2.05, 4.69) is 26.1 Å². The summed E-state index contributed by atoms with van der Waals surface area (Å²) in [6, 6.07) is 6.93. The molecule has 0 aliphatic heterocycles. The van der Waals surface area contributed by atoms with E-state index in [1.54, 1.807) is 0 Å². The van der Waals surface area contributed by atoms with E-state index in [9.17, 15) is 4.39 Å². The van der Waals surface area contributed by atoms with Crippen LogP contribution in [-0.4, -0.2) is 19.3 Å². The second-order valence-corrected chi connectivity index (χ2v) is 4.85. The molecule has 0 aliphatic carbocycles. The summed E-state index contributed by atoms with van der Waals surface area (Å²) in [5.74, 6) is -0.184. The minimum absolute atomic E-state index is 0.184. The summed E-state index contributed by atoms with van der Waals surface area (Å²) < 4.78 is 18.2. The van der Waals surface area contributed by atoms with Crippen LogP contribution in [-0.2, 0) is 4.74 Å². The van der Waals surface area contributed by atoms with Crippen LogP contribution in [0, 0.1) is 5.82 Å². The fourth-order valence-electron chi connectivity index (χ4n) is 1.73. The van der Waals surface area contributed by atoms with Gasteiger partial charge in [0.25, 0.3) is 0 Å². The lowest BCUT2D eigenvalue weighted by atomic mass is 10.1. The molecular formula is C15H24FNO. The molecule has 0 saturated heterocycles. The van der Waals surface area contributed by atoms with Crippen LogP contribution in [0.3, 0.4) is 0 Å². The average Bonchev–Trinajstić information content (AvgIpc) is 2.34. The van der Waals surface area contributed by atoms with Crippen molar-refractivity contribution in [2.45, 2.75) is 45.8 Å². The third-order valence-corrected chi connectivity index (χ3v) is 2.84. The van der Waals surface area contributed by atoms with Crippen LogP contribution in [0.4, 0.5) is 4.39 Å². The van der Waals surface area contributed by atoms with Crippen molar-refractivity contribution in [2.24, 2.45) is 0 Å². The number of benzene rings is 1. The van der Waals surface area contributed by atoms with Crippen LogP contribution in [0.2, 0.25) is 0 Å². The first-order valence-corrected chi connectivity index (χ1v) is 6.70. The Morgan fingerprint density at radius 3 is 2.39 bits per heavy atom. The molecule has 1 aromatic carbocycles. The molecule has 0 aliphatic rings. The van der Waals surface area contributed by atoms with Crippen molar-refractivity contribution < 1.29 is 9.13 Å². The lowest BCUT2D eigenvalue weighted by Crippen LogP contribution is -2.20. The van der Waals surface area contributed by atoms with Gasteiger partial charge >= 0.3 is 0 Å². The molecule has 1 N–H and O–H groups in total. The summed E-state index contributed by atoms with van der Waals surface area (Å²) in [7, 11) is 0. The van der Waals surface area contributed by atoms with Crippen molar-refractivity contribution >= 4 is 0 Å².